The number of anilines is 1. The molecule has 158 valence electrons. The molecule has 2 aromatic carbocycles. The van der Waals surface area contributed by atoms with Crippen LogP contribution in [0.4, 0.5) is 5.69 Å². The maximum absolute atomic E-state index is 12.7. The number of carbonyl (C=O) groups excluding carboxylic acids is 1. The molecule has 1 amide bonds. The number of nitrogens with zero attached hydrogens (tertiary/aromatic N) is 3. The Bertz CT molecular complexity index is 1050. The van der Waals surface area contributed by atoms with E-state index in [0.29, 0.717) is 27.4 Å². The Morgan fingerprint density at radius 1 is 1.17 bits per heavy atom. The van der Waals surface area contributed by atoms with Gasteiger partial charge in [-0.05, 0) is 49.7 Å². The third-order valence-corrected chi connectivity index (χ3v) is 6.11. The molecule has 7 nitrogen and oxygen atoms in total. The van der Waals surface area contributed by atoms with Gasteiger partial charge in [0.1, 0.15) is 11.5 Å². The van der Waals surface area contributed by atoms with Gasteiger partial charge >= 0.3 is 0 Å². The van der Waals surface area contributed by atoms with Crippen LogP contribution in [0.3, 0.4) is 0 Å². The van der Waals surface area contributed by atoms with Crippen molar-refractivity contribution in [3.63, 3.8) is 0 Å². The van der Waals surface area contributed by atoms with Crippen LogP contribution in [0.5, 0.6) is 11.5 Å². The number of hydrogen-bond acceptors (Lipinski definition) is 6. The molecule has 0 aliphatic carbocycles. The number of nitrogens with one attached hydrogen (secondary N) is 1. The maximum atomic E-state index is 12.7. The zero-order valence-corrected chi connectivity index (χ0v) is 19.0. The quantitative estimate of drug-likeness (QED) is 0.535. The van der Waals surface area contributed by atoms with Gasteiger partial charge in [0.05, 0.1) is 25.2 Å². The van der Waals surface area contributed by atoms with E-state index in [1.165, 1.54) is 18.9 Å². The van der Waals surface area contributed by atoms with Crippen molar-refractivity contribution < 1.29 is 14.3 Å². The van der Waals surface area contributed by atoms with Gasteiger partial charge in [0.2, 0.25) is 5.91 Å². The van der Waals surface area contributed by atoms with Gasteiger partial charge in [-0.25, -0.2) is 0 Å². The number of methoxy groups -OCH3 is 2. The van der Waals surface area contributed by atoms with Crippen LogP contribution in [0.25, 0.3) is 11.4 Å². The average molecular weight is 447 g/mol. The van der Waals surface area contributed by atoms with Crippen LogP contribution in [0, 0.1) is 6.92 Å². The number of aromatic nitrogens is 3. The normalized spacial score (nSPS) is 11.8. The number of benzene rings is 2. The van der Waals surface area contributed by atoms with Crippen LogP contribution in [-0.2, 0) is 11.8 Å². The molecule has 0 fully saturated rings. The number of amides is 1. The molecule has 0 aliphatic heterocycles. The van der Waals surface area contributed by atoms with Gasteiger partial charge < -0.3 is 19.4 Å². The standard InChI is InChI=1S/C21H23ClN4O3S/c1-12-10-17(18(29-5)11-16(12)22)23-20(27)13(2)30-21-25-24-19(26(21)3)14-6-8-15(28-4)9-7-14/h6-11,13H,1-5H3,(H,23,27). The van der Waals surface area contributed by atoms with Gasteiger partial charge in [-0.2, -0.15) is 0 Å². The average Bonchev–Trinajstić information content (AvgIpc) is 3.10. The van der Waals surface area contributed by atoms with Crippen molar-refractivity contribution in [1.29, 1.82) is 0 Å². The molecule has 0 saturated heterocycles. The molecule has 9 heteroatoms. The highest BCUT2D eigenvalue weighted by Gasteiger charge is 2.21. The van der Waals surface area contributed by atoms with Crippen molar-refractivity contribution in [2.45, 2.75) is 24.3 Å². The summed E-state index contributed by atoms with van der Waals surface area (Å²) in [6.45, 7) is 3.69. The van der Waals surface area contributed by atoms with Crippen molar-refractivity contribution >= 4 is 35.0 Å². The SMILES string of the molecule is COc1ccc(-c2nnc(SC(C)C(=O)Nc3cc(C)c(Cl)cc3OC)n2C)cc1. The molecule has 0 spiro atoms. The maximum Gasteiger partial charge on any atom is 0.237 e. The second-order valence-electron chi connectivity index (χ2n) is 6.64. The van der Waals surface area contributed by atoms with Gasteiger partial charge in [-0.1, -0.05) is 23.4 Å². The third kappa shape index (κ3) is 4.71. The van der Waals surface area contributed by atoms with E-state index in [4.69, 9.17) is 21.1 Å². The Labute approximate surface area is 184 Å². The van der Waals surface area contributed by atoms with Gasteiger partial charge in [0.25, 0.3) is 0 Å². The number of aryl methyl sites for hydroxylation is 1. The molecular formula is C21H23ClN4O3S. The van der Waals surface area contributed by atoms with E-state index in [2.05, 4.69) is 15.5 Å². The Balaban J connectivity index is 1.73. The molecule has 0 radical (unpaired) electrons. The van der Waals surface area contributed by atoms with Gasteiger partial charge in [-0.3, -0.25) is 4.79 Å². The van der Waals surface area contributed by atoms with E-state index in [0.717, 1.165) is 16.9 Å². The van der Waals surface area contributed by atoms with E-state index in [1.807, 2.05) is 49.7 Å². The van der Waals surface area contributed by atoms with Crippen molar-refractivity contribution in [3.8, 4) is 22.9 Å². The summed E-state index contributed by atoms with van der Waals surface area (Å²) in [4.78, 5) is 12.7. The fraction of sp³-hybridized carbons (Fsp3) is 0.286. The van der Waals surface area contributed by atoms with Crippen LogP contribution in [0.1, 0.15) is 12.5 Å². The largest absolute Gasteiger partial charge is 0.497 e. The highest BCUT2D eigenvalue weighted by atomic mass is 35.5. The summed E-state index contributed by atoms with van der Waals surface area (Å²) < 4.78 is 12.4. The van der Waals surface area contributed by atoms with E-state index >= 15 is 0 Å². The van der Waals surface area contributed by atoms with Crippen molar-refractivity contribution in [2.75, 3.05) is 19.5 Å². The van der Waals surface area contributed by atoms with E-state index < -0.39 is 5.25 Å². The van der Waals surface area contributed by atoms with Crippen LogP contribution in [-0.4, -0.2) is 40.1 Å². The van der Waals surface area contributed by atoms with Crippen LogP contribution in [0.15, 0.2) is 41.6 Å². The van der Waals surface area contributed by atoms with E-state index in [9.17, 15) is 4.79 Å². The van der Waals surface area contributed by atoms with Gasteiger partial charge in [0, 0.05) is 23.7 Å². The molecule has 0 bridgehead atoms. The summed E-state index contributed by atoms with van der Waals surface area (Å²) >= 11 is 7.46. The molecule has 1 unspecified atom stereocenters. The van der Waals surface area contributed by atoms with Crippen LogP contribution < -0.4 is 14.8 Å². The van der Waals surface area contributed by atoms with E-state index in [-0.39, 0.29) is 5.91 Å². The first-order valence-electron chi connectivity index (χ1n) is 9.19. The highest BCUT2D eigenvalue weighted by Crippen LogP contribution is 2.32. The first-order valence-corrected chi connectivity index (χ1v) is 10.4. The second-order valence-corrected chi connectivity index (χ2v) is 8.36. The number of ether oxygens (including phenoxy) is 2. The van der Waals surface area contributed by atoms with Gasteiger partial charge in [0.15, 0.2) is 11.0 Å². The first kappa shape index (κ1) is 22.0. The lowest BCUT2D eigenvalue weighted by Gasteiger charge is -2.15. The second kappa shape index (κ2) is 9.40. The molecule has 0 aliphatic rings. The zero-order valence-electron chi connectivity index (χ0n) is 17.4. The Morgan fingerprint density at radius 3 is 2.50 bits per heavy atom. The minimum atomic E-state index is -0.405. The van der Waals surface area contributed by atoms with Gasteiger partial charge in [-0.15, -0.1) is 10.2 Å². The number of rotatable bonds is 7. The lowest BCUT2D eigenvalue weighted by molar-refractivity contribution is -0.115. The molecule has 30 heavy (non-hydrogen) atoms. The smallest absolute Gasteiger partial charge is 0.237 e. The minimum absolute atomic E-state index is 0.172. The van der Waals surface area contributed by atoms with Crippen molar-refractivity contribution in [3.05, 3.63) is 47.0 Å². The Hall–Kier alpha value is -2.71. The summed E-state index contributed by atoms with van der Waals surface area (Å²) in [7, 11) is 5.03. The highest BCUT2D eigenvalue weighted by molar-refractivity contribution is 8.00. The molecule has 0 saturated carbocycles. The van der Waals surface area contributed by atoms with E-state index in [1.54, 1.807) is 19.2 Å². The van der Waals surface area contributed by atoms with Crippen molar-refractivity contribution in [2.24, 2.45) is 7.05 Å². The van der Waals surface area contributed by atoms with Crippen LogP contribution >= 0.6 is 23.4 Å². The fourth-order valence-electron chi connectivity index (χ4n) is 2.78. The Kier molecular flexibility index (Phi) is 6.89. The van der Waals surface area contributed by atoms with Crippen molar-refractivity contribution in [1.82, 2.24) is 14.8 Å². The Morgan fingerprint density at radius 2 is 1.87 bits per heavy atom. The monoisotopic (exact) mass is 446 g/mol. The molecule has 1 atom stereocenters. The molecule has 1 heterocycles. The molecule has 3 rings (SSSR count). The summed E-state index contributed by atoms with van der Waals surface area (Å²) in [6, 6.07) is 11.1. The number of thioether (sulfide) groups is 1. The summed E-state index contributed by atoms with van der Waals surface area (Å²) in [5, 5.41) is 12.2. The predicted octanol–water partition coefficient (Wildman–Crippen LogP) is 4.58. The number of halogens is 1. The summed E-state index contributed by atoms with van der Waals surface area (Å²) in [6.07, 6.45) is 0. The number of carbonyl (C=O) groups is 1. The topological polar surface area (TPSA) is 78.3 Å². The predicted molar refractivity (Wildman–Crippen MR) is 120 cm³/mol. The summed E-state index contributed by atoms with van der Waals surface area (Å²) in [5.74, 6) is 1.82. The lowest BCUT2D eigenvalue weighted by Crippen LogP contribution is -2.23. The first-order chi connectivity index (χ1) is 14.3. The molecular weight excluding hydrogens is 424 g/mol. The molecule has 3 aromatic rings. The minimum Gasteiger partial charge on any atom is -0.497 e. The lowest BCUT2D eigenvalue weighted by atomic mass is 10.2. The fourth-order valence-corrected chi connectivity index (χ4v) is 3.75. The number of hydrogen-bond donors (Lipinski definition) is 1. The molecule has 1 N–H and O–H groups in total. The third-order valence-electron chi connectivity index (χ3n) is 4.57. The zero-order chi connectivity index (χ0) is 21.8. The molecule has 1 aromatic heterocycles. The summed E-state index contributed by atoms with van der Waals surface area (Å²) in [5.41, 5.74) is 2.34. The van der Waals surface area contributed by atoms with Crippen LogP contribution in [0.2, 0.25) is 5.02 Å².